The third kappa shape index (κ3) is 2.61. The van der Waals surface area contributed by atoms with Crippen molar-refractivity contribution in [1.82, 2.24) is 4.98 Å². The Morgan fingerprint density at radius 1 is 1.00 bits per heavy atom. The molecule has 30 heavy (non-hydrogen) atoms. The van der Waals surface area contributed by atoms with Gasteiger partial charge in [-0.3, -0.25) is 10.1 Å². The summed E-state index contributed by atoms with van der Waals surface area (Å²) in [5, 5.41) is 5.68. The summed E-state index contributed by atoms with van der Waals surface area (Å²) in [6, 6.07) is 16.5. The Hall–Kier alpha value is -3.91. The molecule has 5 aromatic rings. The molecule has 0 saturated heterocycles. The monoisotopic (exact) mass is 416 g/mol. The molecule has 0 atom stereocenters. The fourth-order valence-corrected chi connectivity index (χ4v) is 4.44. The molecular weight excluding hydrogens is 404 g/mol. The largest absolute Gasteiger partial charge is 0.454 e. The van der Waals surface area contributed by atoms with Crippen LogP contribution in [0, 0.1) is 0 Å². The number of anilines is 1. The molecule has 1 aliphatic heterocycles. The second kappa shape index (κ2) is 6.30. The highest BCUT2D eigenvalue weighted by atomic mass is 32.1. The standard InChI is InChI=1S/C22H12N2O5S/c25-20(24-22-23-15-8-17-18(28-10-27-17)9-19(15)30-22)14-7-13-12-4-2-1-3-11(12)5-6-16(13)29-21(14)26/h1-9H,10H2,(H,23,24,25). The van der Waals surface area contributed by atoms with Gasteiger partial charge in [0, 0.05) is 17.5 Å². The Labute approximate surface area is 172 Å². The van der Waals surface area contributed by atoms with Crippen molar-refractivity contribution in [3.63, 3.8) is 0 Å². The number of aromatic nitrogens is 1. The van der Waals surface area contributed by atoms with E-state index in [4.69, 9.17) is 13.9 Å². The van der Waals surface area contributed by atoms with Gasteiger partial charge in [-0.15, -0.1) is 0 Å². The lowest BCUT2D eigenvalue weighted by Gasteiger charge is -2.05. The van der Waals surface area contributed by atoms with Crippen LogP contribution in [0.2, 0.25) is 0 Å². The number of thiazole rings is 1. The van der Waals surface area contributed by atoms with Gasteiger partial charge in [-0.1, -0.05) is 41.7 Å². The maximum Gasteiger partial charge on any atom is 0.349 e. The van der Waals surface area contributed by atoms with Gasteiger partial charge in [-0.25, -0.2) is 9.78 Å². The Balaban J connectivity index is 1.40. The fraction of sp³-hybridized carbons (Fsp3) is 0.0455. The summed E-state index contributed by atoms with van der Waals surface area (Å²) in [7, 11) is 0. The number of hydrogen-bond donors (Lipinski definition) is 1. The number of rotatable bonds is 2. The Bertz CT molecular complexity index is 1510. The molecule has 8 heteroatoms. The molecule has 0 unspecified atom stereocenters. The number of carbonyl (C=O) groups excluding carboxylic acids is 1. The van der Waals surface area contributed by atoms with Gasteiger partial charge in [-0.2, -0.15) is 0 Å². The summed E-state index contributed by atoms with van der Waals surface area (Å²) in [5.41, 5.74) is 0.338. The van der Waals surface area contributed by atoms with Gasteiger partial charge in [-0.05, 0) is 22.9 Å². The molecule has 3 heterocycles. The van der Waals surface area contributed by atoms with E-state index in [0.717, 1.165) is 15.5 Å². The molecule has 2 aromatic heterocycles. The molecule has 0 radical (unpaired) electrons. The topological polar surface area (TPSA) is 90.7 Å². The first-order valence-corrected chi connectivity index (χ1v) is 9.94. The van der Waals surface area contributed by atoms with E-state index in [0.29, 0.717) is 33.1 Å². The van der Waals surface area contributed by atoms with Crippen LogP contribution >= 0.6 is 11.3 Å². The highest BCUT2D eigenvalue weighted by Gasteiger charge is 2.19. The summed E-state index contributed by atoms with van der Waals surface area (Å²) >= 11 is 1.29. The Kier molecular flexibility index (Phi) is 3.57. The lowest BCUT2D eigenvalue weighted by atomic mass is 10.0. The number of fused-ring (bicyclic) bond motifs is 5. The number of nitrogens with zero attached hydrogens (tertiary/aromatic N) is 1. The summed E-state index contributed by atoms with van der Waals surface area (Å²) < 4.78 is 17.0. The average molecular weight is 416 g/mol. The number of carbonyl (C=O) groups is 1. The number of benzene rings is 3. The van der Waals surface area contributed by atoms with Gasteiger partial charge in [0.15, 0.2) is 16.6 Å². The maximum atomic E-state index is 12.8. The van der Waals surface area contributed by atoms with Crippen molar-refractivity contribution in [3.8, 4) is 11.5 Å². The van der Waals surface area contributed by atoms with Gasteiger partial charge < -0.3 is 13.9 Å². The molecule has 7 nitrogen and oxygen atoms in total. The first kappa shape index (κ1) is 17.0. The van der Waals surface area contributed by atoms with Crippen LogP contribution in [0.1, 0.15) is 10.4 Å². The number of amides is 1. The van der Waals surface area contributed by atoms with Crippen LogP contribution in [0.3, 0.4) is 0 Å². The summed E-state index contributed by atoms with van der Waals surface area (Å²) in [5.74, 6) is 0.691. The van der Waals surface area contributed by atoms with Crippen molar-refractivity contribution in [2.45, 2.75) is 0 Å². The lowest BCUT2D eigenvalue weighted by molar-refractivity contribution is 0.102. The summed E-state index contributed by atoms with van der Waals surface area (Å²) in [6.45, 7) is 0.183. The van der Waals surface area contributed by atoms with E-state index < -0.39 is 11.5 Å². The van der Waals surface area contributed by atoms with Gasteiger partial charge in [0.25, 0.3) is 5.91 Å². The quantitative estimate of drug-likeness (QED) is 0.336. The zero-order valence-corrected chi connectivity index (χ0v) is 16.1. The molecular formula is C22H12N2O5S. The van der Waals surface area contributed by atoms with E-state index >= 15 is 0 Å². The maximum absolute atomic E-state index is 12.8. The van der Waals surface area contributed by atoms with Crippen LogP contribution in [-0.4, -0.2) is 17.7 Å². The minimum atomic E-state index is -0.697. The minimum Gasteiger partial charge on any atom is -0.454 e. The van der Waals surface area contributed by atoms with Crippen LogP contribution in [0.5, 0.6) is 11.5 Å². The Morgan fingerprint density at radius 2 is 1.83 bits per heavy atom. The van der Waals surface area contributed by atoms with E-state index in [1.54, 1.807) is 18.2 Å². The first-order chi connectivity index (χ1) is 14.7. The molecule has 0 saturated carbocycles. The highest BCUT2D eigenvalue weighted by Crippen LogP contribution is 2.39. The normalized spacial score (nSPS) is 12.7. The second-order valence-electron chi connectivity index (χ2n) is 6.79. The van der Waals surface area contributed by atoms with Crippen LogP contribution in [0.25, 0.3) is 32.0 Å². The SMILES string of the molecule is O=C(Nc1nc2cc3c(cc2s1)OCO3)c1cc2c(ccc3ccccc32)oc1=O. The molecule has 6 rings (SSSR count). The van der Waals surface area contributed by atoms with Gasteiger partial charge >= 0.3 is 5.63 Å². The molecule has 0 bridgehead atoms. The highest BCUT2D eigenvalue weighted by molar-refractivity contribution is 7.22. The number of hydrogen-bond acceptors (Lipinski definition) is 7. The molecule has 0 spiro atoms. The third-order valence-corrected chi connectivity index (χ3v) is 5.92. The molecule has 146 valence electrons. The average Bonchev–Trinajstić information content (AvgIpc) is 3.36. The van der Waals surface area contributed by atoms with E-state index in [1.807, 2.05) is 36.4 Å². The second-order valence-corrected chi connectivity index (χ2v) is 7.82. The van der Waals surface area contributed by atoms with Crippen LogP contribution in [0.4, 0.5) is 5.13 Å². The first-order valence-electron chi connectivity index (χ1n) is 9.13. The van der Waals surface area contributed by atoms with Crippen LogP contribution in [-0.2, 0) is 0 Å². The molecule has 0 fully saturated rings. The van der Waals surface area contributed by atoms with Gasteiger partial charge in [0.2, 0.25) is 6.79 Å². The number of nitrogens with one attached hydrogen (secondary N) is 1. The smallest absolute Gasteiger partial charge is 0.349 e. The molecule has 0 aliphatic carbocycles. The minimum absolute atomic E-state index is 0.0766. The van der Waals surface area contributed by atoms with Crippen LogP contribution in [0.15, 0.2) is 63.8 Å². The van der Waals surface area contributed by atoms with Crippen molar-refractivity contribution >= 4 is 54.3 Å². The van der Waals surface area contributed by atoms with Gasteiger partial charge in [0.1, 0.15) is 11.1 Å². The summed E-state index contributed by atoms with van der Waals surface area (Å²) in [4.78, 5) is 29.7. The summed E-state index contributed by atoms with van der Waals surface area (Å²) in [6.07, 6.45) is 0. The molecule has 1 amide bonds. The van der Waals surface area contributed by atoms with Crippen molar-refractivity contribution in [2.24, 2.45) is 0 Å². The third-order valence-electron chi connectivity index (χ3n) is 4.99. The van der Waals surface area contributed by atoms with E-state index in [9.17, 15) is 9.59 Å². The Morgan fingerprint density at radius 3 is 2.73 bits per heavy atom. The van der Waals surface area contributed by atoms with Crippen LogP contribution < -0.4 is 20.4 Å². The van der Waals surface area contributed by atoms with Crippen molar-refractivity contribution in [3.05, 3.63) is 70.6 Å². The van der Waals surface area contributed by atoms with E-state index in [-0.39, 0.29) is 12.4 Å². The molecule has 1 N–H and O–H groups in total. The number of ether oxygens (including phenoxy) is 2. The zero-order chi connectivity index (χ0) is 20.2. The predicted octanol–water partition coefficient (Wildman–Crippen LogP) is 4.54. The van der Waals surface area contributed by atoms with E-state index in [1.165, 1.54) is 11.3 Å². The van der Waals surface area contributed by atoms with Crippen molar-refractivity contribution in [1.29, 1.82) is 0 Å². The van der Waals surface area contributed by atoms with Crippen molar-refractivity contribution < 1.29 is 18.7 Å². The zero-order valence-electron chi connectivity index (χ0n) is 15.3. The van der Waals surface area contributed by atoms with Gasteiger partial charge in [0.05, 0.1) is 10.2 Å². The van der Waals surface area contributed by atoms with E-state index in [2.05, 4.69) is 10.3 Å². The van der Waals surface area contributed by atoms with Crippen molar-refractivity contribution in [2.75, 3.05) is 12.1 Å². The predicted molar refractivity (Wildman–Crippen MR) is 114 cm³/mol. The molecule has 1 aliphatic rings. The lowest BCUT2D eigenvalue weighted by Crippen LogP contribution is -2.20. The molecule has 3 aromatic carbocycles. The fourth-order valence-electron chi connectivity index (χ4n) is 3.57.